The number of aromatic nitrogens is 1. The van der Waals surface area contributed by atoms with E-state index in [-0.39, 0.29) is 18.5 Å². The fourth-order valence-electron chi connectivity index (χ4n) is 3.73. The Labute approximate surface area is 168 Å². The largest absolute Gasteiger partial charge is 0.364 e. The van der Waals surface area contributed by atoms with Gasteiger partial charge in [-0.1, -0.05) is 12.1 Å². The number of carbonyl (C=O) groups excluding carboxylic acids is 2. The zero-order chi connectivity index (χ0) is 19.3. The van der Waals surface area contributed by atoms with Crippen LogP contribution >= 0.6 is 11.3 Å². The molecular weight excluding hydrogens is 376 g/mol. The standard InChI is InChI=1S/C20H26N4O3S/c25-19(15-27-14-18-21-16-6-2-3-7-17(16)28-18)22-10-12-24(13-11-22)20(26)23-8-4-1-5-9-23/h2-3,6-7H,1,4-5,8-15H2. The highest BCUT2D eigenvalue weighted by Crippen LogP contribution is 2.22. The lowest BCUT2D eigenvalue weighted by Crippen LogP contribution is -2.55. The lowest BCUT2D eigenvalue weighted by Gasteiger charge is -2.38. The van der Waals surface area contributed by atoms with Crippen LogP contribution < -0.4 is 0 Å². The van der Waals surface area contributed by atoms with Gasteiger partial charge in [0.15, 0.2) is 0 Å². The minimum atomic E-state index is -0.0221. The Kier molecular flexibility index (Phi) is 6.07. The Morgan fingerprint density at radius 3 is 2.36 bits per heavy atom. The number of nitrogens with zero attached hydrogens (tertiary/aromatic N) is 4. The summed E-state index contributed by atoms with van der Waals surface area (Å²) in [4.78, 5) is 35.1. The van der Waals surface area contributed by atoms with Crippen molar-refractivity contribution in [1.82, 2.24) is 19.7 Å². The van der Waals surface area contributed by atoms with E-state index >= 15 is 0 Å². The summed E-state index contributed by atoms with van der Waals surface area (Å²) in [5.74, 6) is -0.0221. The van der Waals surface area contributed by atoms with Crippen LogP contribution in [0.15, 0.2) is 24.3 Å². The Morgan fingerprint density at radius 1 is 0.929 bits per heavy atom. The second-order valence-corrected chi connectivity index (χ2v) is 8.38. The van der Waals surface area contributed by atoms with E-state index in [1.54, 1.807) is 16.2 Å². The second-order valence-electron chi connectivity index (χ2n) is 7.27. The first-order valence-corrected chi connectivity index (χ1v) is 10.8. The van der Waals surface area contributed by atoms with Gasteiger partial charge in [0.2, 0.25) is 5.91 Å². The quantitative estimate of drug-likeness (QED) is 0.788. The number of urea groups is 1. The fraction of sp³-hybridized carbons (Fsp3) is 0.550. The third-order valence-corrected chi connectivity index (χ3v) is 6.33. The summed E-state index contributed by atoms with van der Waals surface area (Å²) >= 11 is 1.59. The second kappa shape index (κ2) is 8.87. The van der Waals surface area contributed by atoms with Crippen LogP contribution in [0.3, 0.4) is 0 Å². The first kappa shape index (κ1) is 19.1. The molecular formula is C20H26N4O3S. The Bertz CT molecular complexity index is 793. The highest BCUT2D eigenvalue weighted by Gasteiger charge is 2.27. The number of ether oxygens (including phenoxy) is 1. The van der Waals surface area contributed by atoms with Crippen LogP contribution in [0.1, 0.15) is 24.3 Å². The molecule has 0 radical (unpaired) electrons. The van der Waals surface area contributed by atoms with E-state index in [2.05, 4.69) is 4.98 Å². The predicted octanol–water partition coefficient (Wildman–Crippen LogP) is 2.56. The van der Waals surface area contributed by atoms with Gasteiger partial charge < -0.3 is 19.4 Å². The van der Waals surface area contributed by atoms with Crippen molar-refractivity contribution in [3.8, 4) is 0 Å². The molecule has 0 aliphatic carbocycles. The number of para-hydroxylation sites is 1. The number of thiazole rings is 1. The first-order chi connectivity index (χ1) is 13.7. The maximum atomic E-state index is 12.6. The minimum absolute atomic E-state index is 0.0221. The van der Waals surface area contributed by atoms with Crippen molar-refractivity contribution in [2.24, 2.45) is 0 Å². The number of rotatable bonds is 4. The lowest BCUT2D eigenvalue weighted by atomic mass is 10.1. The highest BCUT2D eigenvalue weighted by molar-refractivity contribution is 7.18. The van der Waals surface area contributed by atoms with Crippen molar-refractivity contribution in [2.45, 2.75) is 25.9 Å². The molecule has 8 heteroatoms. The lowest BCUT2D eigenvalue weighted by molar-refractivity contribution is -0.138. The molecule has 4 rings (SSSR count). The molecule has 1 aromatic heterocycles. The van der Waals surface area contributed by atoms with Gasteiger partial charge >= 0.3 is 6.03 Å². The van der Waals surface area contributed by atoms with Gasteiger partial charge in [-0.05, 0) is 31.4 Å². The van der Waals surface area contributed by atoms with Crippen molar-refractivity contribution >= 4 is 33.5 Å². The van der Waals surface area contributed by atoms with Gasteiger partial charge in [0.25, 0.3) is 0 Å². The molecule has 0 N–H and O–H groups in total. The van der Waals surface area contributed by atoms with Gasteiger partial charge in [0.05, 0.1) is 16.8 Å². The van der Waals surface area contributed by atoms with Crippen LogP contribution in [0, 0.1) is 0 Å². The van der Waals surface area contributed by atoms with Crippen LogP contribution in [-0.2, 0) is 16.1 Å². The van der Waals surface area contributed by atoms with E-state index in [1.165, 1.54) is 6.42 Å². The van der Waals surface area contributed by atoms with Gasteiger partial charge in [-0.25, -0.2) is 9.78 Å². The van der Waals surface area contributed by atoms with Crippen LogP contribution in [0.5, 0.6) is 0 Å². The van der Waals surface area contributed by atoms with Crippen LogP contribution in [0.4, 0.5) is 4.79 Å². The Balaban J connectivity index is 1.20. The summed E-state index contributed by atoms with van der Waals surface area (Å²) in [6, 6.07) is 8.09. The number of fused-ring (bicyclic) bond motifs is 1. The van der Waals surface area contributed by atoms with Crippen LogP contribution in [0.2, 0.25) is 0 Å². The molecule has 3 heterocycles. The van der Waals surface area contributed by atoms with Crippen molar-refractivity contribution in [3.63, 3.8) is 0 Å². The average Bonchev–Trinajstić information content (AvgIpc) is 3.16. The number of hydrogen-bond donors (Lipinski definition) is 0. The van der Waals surface area contributed by atoms with Crippen molar-refractivity contribution in [1.29, 1.82) is 0 Å². The number of benzene rings is 1. The molecule has 2 aromatic rings. The third kappa shape index (κ3) is 4.44. The van der Waals surface area contributed by atoms with Crippen LogP contribution in [-0.4, -0.2) is 77.5 Å². The molecule has 2 aliphatic rings. The maximum absolute atomic E-state index is 12.6. The summed E-state index contributed by atoms with van der Waals surface area (Å²) in [5.41, 5.74) is 0.965. The van der Waals surface area contributed by atoms with E-state index in [0.717, 1.165) is 41.2 Å². The smallest absolute Gasteiger partial charge is 0.320 e. The molecule has 0 unspecified atom stereocenters. The van der Waals surface area contributed by atoms with E-state index in [1.807, 2.05) is 34.1 Å². The maximum Gasteiger partial charge on any atom is 0.320 e. The number of piperidine rings is 1. The monoisotopic (exact) mass is 402 g/mol. The number of amides is 3. The molecule has 0 spiro atoms. The molecule has 28 heavy (non-hydrogen) atoms. The van der Waals surface area contributed by atoms with E-state index < -0.39 is 0 Å². The number of likely N-dealkylation sites (tertiary alicyclic amines) is 1. The zero-order valence-electron chi connectivity index (χ0n) is 16.0. The topological polar surface area (TPSA) is 66.0 Å². The summed E-state index contributed by atoms with van der Waals surface area (Å²) in [5, 5.41) is 0.881. The normalized spacial score (nSPS) is 17.9. The molecule has 0 atom stereocenters. The first-order valence-electron chi connectivity index (χ1n) is 9.94. The Hall–Kier alpha value is -2.19. The SMILES string of the molecule is O=C(COCc1nc2ccccc2s1)N1CCN(C(=O)N2CCCCC2)CC1. The van der Waals surface area contributed by atoms with Gasteiger partial charge in [-0.3, -0.25) is 4.79 Å². The van der Waals surface area contributed by atoms with Crippen molar-refractivity contribution < 1.29 is 14.3 Å². The molecule has 0 saturated carbocycles. The van der Waals surface area contributed by atoms with Gasteiger partial charge in [0, 0.05) is 39.3 Å². The minimum Gasteiger partial charge on any atom is -0.364 e. The van der Waals surface area contributed by atoms with Crippen molar-refractivity contribution in [3.05, 3.63) is 29.3 Å². The molecule has 0 bridgehead atoms. The summed E-state index contributed by atoms with van der Waals surface area (Å²) in [6.07, 6.45) is 3.40. The summed E-state index contributed by atoms with van der Waals surface area (Å²) in [6.45, 7) is 4.45. The van der Waals surface area contributed by atoms with E-state index in [0.29, 0.717) is 32.8 Å². The zero-order valence-corrected chi connectivity index (χ0v) is 16.8. The molecule has 1 aromatic carbocycles. The van der Waals surface area contributed by atoms with Crippen molar-refractivity contribution in [2.75, 3.05) is 45.9 Å². The molecule has 2 aliphatic heterocycles. The summed E-state index contributed by atoms with van der Waals surface area (Å²) in [7, 11) is 0. The fourth-order valence-corrected chi connectivity index (χ4v) is 4.64. The molecule has 3 amide bonds. The van der Waals surface area contributed by atoms with Crippen LogP contribution in [0.25, 0.3) is 10.2 Å². The molecule has 150 valence electrons. The number of piperazine rings is 1. The summed E-state index contributed by atoms with van der Waals surface area (Å²) < 4.78 is 6.73. The third-order valence-electron chi connectivity index (χ3n) is 5.32. The van der Waals surface area contributed by atoms with Gasteiger partial charge in [-0.15, -0.1) is 11.3 Å². The average molecular weight is 403 g/mol. The van der Waals surface area contributed by atoms with Gasteiger partial charge in [0.1, 0.15) is 11.6 Å². The molecule has 2 fully saturated rings. The van der Waals surface area contributed by atoms with E-state index in [9.17, 15) is 9.59 Å². The number of hydrogen-bond acceptors (Lipinski definition) is 5. The molecule has 7 nitrogen and oxygen atoms in total. The van der Waals surface area contributed by atoms with E-state index in [4.69, 9.17) is 4.74 Å². The Morgan fingerprint density at radius 2 is 1.61 bits per heavy atom. The highest BCUT2D eigenvalue weighted by atomic mass is 32.1. The number of carbonyl (C=O) groups is 2. The van der Waals surface area contributed by atoms with Gasteiger partial charge in [-0.2, -0.15) is 0 Å². The predicted molar refractivity (Wildman–Crippen MR) is 108 cm³/mol. The molecule has 2 saturated heterocycles.